The molecule has 0 spiro atoms. The summed E-state index contributed by atoms with van der Waals surface area (Å²) in [7, 11) is 0. The molecule has 1 atom stereocenters. The van der Waals surface area contributed by atoms with Gasteiger partial charge in [-0.15, -0.1) is 0 Å². The number of hydrogen-bond donors (Lipinski definition) is 2. The SMILES string of the molecule is C=CN(c1cncc(NC(C)c2ccccc2)n1)c1ccc(C(=O)Nc2ccccc2)cc1C. The Hall–Kier alpha value is -4.45. The lowest BCUT2D eigenvalue weighted by molar-refractivity contribution is 0.102. The van der Waals surface area contributed by atoms with Gasteiger partial charge in [-0.2, -0.15) is 0 Å². The largest absolute Gasteiger partial charge is 0.362 e. The topological polar surface area (TPSA) is 70.2 Å². The van der Waals surface area contributed by atoms with Gasteiger partial charge in [0.05, 0.1) is 12.4 Å². The second kappa shape index (κ2) is 10.4. The molecule has 170 valence electrons. The van der Waals surface area contributed by atoms with Crippen molar-refractivity contribution in [2.75, 3.05) is 15.5 Å². The first kappa shape index (κ1) is 22.7. The van der Waals surface area contributed by atoms with Crippen molar-refractivity contribution in [3.8, 4) is 0 Å². The number of aromatic nitrogens is 2. The molecular formula is C28H27N5O. The lowest BCUT2D eigenvalue weighted by Gasteiger charge is -2.22. The predicted octanol–water partition coefficient (Wildman–Crippen LogP) is 6.49. The molecule has 0 fully saturated rings. The standard InChI is InChI=1S/C28H27N5O/c1-4-33(27-19-29-18-26(32-27)30-21(3)22-11-7-5-8-12-22)25-16-15-23(17-20(25)2)28(34)31-24-13-9-6-10-14-24/h4-19,21H,1H2,2-3H3,(H,30,32)(H,31,34). The van der Waals surface area contributed by atoms with Crippen LogP contribution in [0.25, 0.3) is 0 Å². The Morgan fingerprint density at radius 1 is 1.00 bits per heavy atom. The Morgan fingerprint density at radius 2 is 1.71 bits per heavy atom. The molecule has 3 aromatic carbocycles. The number of para-hydroxylation sites is 1. The van der Waals surface area contributed by atoms with Gasteiger partial charge < -0.3 is 15.5 Å². The summed E-state index contributed by atoms with van der Waals surface area (Å²) in [5.74, 6) is 1.13. The van der Waals surface area contributed by atoms with E-state index in [1.165, 1.54) is 0 Å². The first-order valence-electron chi connectivity index (χ1n) is 11.1. The summed E-state index contributed by atoms with van der Waals surface area (Å²) >= 11 is 0. The summed E-state index contributed by atoms with van der Waals surface area (Å²) in [5, 5.41) is 6.32. The number of benzene rings is 3. The number of hydrogen-bond acceptors (Lipinski definition) is 5. The van der Waals surface area contributed by atoms with Gasteiger partial charge >= 0.3 is 0 Å². The lowest BCUT2D eigenvalue weighted by Crippen LogP contribution is -2.15. The highest BCUT2D eigenvalue weighted by Gasteiger charge is 2.15. The van der Waals surface area contributed by atoms with Gasteiger partial charge in [0.2, 0.25) is 0 Å². The molecule has 4 aromatic rings. The maximum atomic E-state index is 12.7. The van der Waals surface area contributed by atoms with Gasteiger partial charge in [-0.1, -0.05) is 55.1 Å². The third-order valence-electron chi connectivity index (χ3n) is 5.47. The van der Waals surface area contributed by atoms with Crippen LogP contribution in [-0.4, -0.2) is 15.9 Å². The fraction of sp³-hybridized carbons (Fsp3) is 0.107. The third-order valence-corrected chi connectivity index (χ3v) is 5.47. The van der Waals surface area contributed by atoms with Gasteiger partial charge in [0.15, 0.2) is 5.82 Å². The molecule has 4 rings (SSSR count). The number of carbonyl (C=O) groups is 1. The van der Waals surface area contributed by atoms with E-state index in [-0.39, 0.29) is 11.9 Å². The van der Waals surface area contributed by atoms with Crippen LogP contribution >= 0.6 is 0 Å². The minimum atomic E-state index is -0.160. The smallest absolute Gasteiger partial charge is 0.255 e. The number of carbonyl (C=O) groups excluding carboxylic acids is 1. The van der Waals surface area contributed by atoms with Crippen LogP contribution < -0.4 is 15.5 Å². The fourth-order valence-electron chi connectivity index (χ4n) is 3.70. The van der Waals surface area contributed by atoms with Gasteiger partial charge in [-0.05, 0) is 55.3 Å². The highest BCUT2D eigenvalue weighted by Crippen LogP contribution is 2.29. The Balaban J connectivity index is 1.53. The maximum absolute atomic E-state index is 12.7. The number of nitrogens with zero attached hydrogens (tertiary/aromatic N) is 3. The lowest BCUT2D eigenvalue weighted by atomic mass is 10.1. The van der Waals surface area contributed by atoms with E-state index in [0.717, 1.165) is 22.5 Å². The molecule has 0 bridgehead atoms. The van der Waals surface area contributed by atoms with Crippen LogP contribution in [0.2, 0.25) is 0 Å². The number of anilines is 4. The van der Waals surface area contributed by atoms with E-state index in [1.54, 1.807) is 24.7 Å². The van der Waals surface area contributed by atoms with Gasteiger partial charge in [0.25, 0.3) is 5.91 Å². The van der Waals surface area contributed by atoms with E-state index >= 15 is 0 Å². The molecule has 2 N–H and O–H groups in total. The van der Waals surface area contributed by atoms with E-state index in [4.69, 9.17) is 4.98 Å². The van der Waals surface area contributed by atoms with Crippen molar-refractivity contribution in [2.45, 2.75) is 19.9 Å². The highest BCUT2D eigenvalue weighted by molar-refractivity contribution is 6.04. The summed E-state index contributed by atoms with van der Waals surface area (Å²) in [6.45, 7) is 8.00. The molecular weight excluding hydrogens is 422 g/mol. The second-order valence-electron chi connectivity index (χ2n) is 7.91. The van der Waals surface area contributed by atoms with Crippen LogP contribution in [0.1, 0.15) is 34.5 Å². The van der Waals surface area contributed by atoms with Crippen LogP contribution in [-0.2, 0) is 0 Å². The average molecular weight is 450 g/mol. The number of aryl methyl sites for hydroxylation is 1. The molecule has 1 amide bonds. The molecule has 1 heterocycles. The zero-order valence-corrected chi connectivity index (χ0v) is 19.3. The average Bonchev–Trinajstić information content (AvgIpc) is 2.87. The Kier molecular flexibility index (Phi) is 6.98. The Labute approximate surface area is 200 Å². The zero-order valence-electron chi connectivity index (χ0n) is 19.3. The molecule has 0 aliphatic carbocycles. The van der Waals surface area contributed by atoms with Crippen molar-refractivity contribution in [1.82, 2.24) is 9.97 Å². The van der Waals surface area contributed by atoms with Crippen LogP contribution in [0.3, 0.4) is 0 Å². The van der Waals surface area contributed by atoms with Crippen molar-refractivity contribution in [3.05, 3.63) is 121 Å². The molecule has 0 saturated carbocycles. The Morgan fingerprint density at radius 3 is 2.38 bits per heavy atom. The summed E-state index contributed by atoms with van der Waals surface area (Å²) < 4.78 is 0. The van der Waals surface area contributed by atoms with Crippen LogP contribution in [0, 0.1) is 6.92 Å². The molecule has 0 aliphatic rings. The predicted molar refractivity (Wildman–Crippen MR) is 138 cm³/mol. The normalized spacial score (nSPS) is 11.4. The number of rotatable bonds is 8. The maximum Gasteiger partial charge on any atom is 0.255 e. The van der Waals surface area contributed by atoms with E-state index in [1.807, 2.05) is 72.5 Å². The van der Waals surface area contributed by atoms with Crippen molar-refractivity contribution >= 4 is 28.9 Å². The van der Waals surface area contributed by atoms with E-state index < -0.39 is 0 Å². The van der Waals surface area contributed by atoms with Gasteiger partial charge in [0, 0.05) is 29.2 Å². The van der Waals surface area contributed by atoms with Crippen LogP contribution in [0.4, 0.5) is 23.0 Å². The van der Waals surface area contributed by atoms with E-state index in [0.29, 0.717) is 17.2 Å². The summed E-state index contributed by atoms with van der Waals surface area (Å²) in [5.41, 5.74) is 4.28. The van der Waals surface area contributed by atoms with Crippen LogP contribution in [0.5, 0.6) is 0 Å². The molecule has 0 aliphatic heterocycles. The molecule has 1 aromatic heterocycles. The van der Waals surface area contributed by atoms with E-state index in [2.05, 4.69) is 41.3 Å². The van der Waals surface area contributed by atoms with Gasteiger partial charge in [-0.3, -0.25) is 9.78 Å². The number of amides is 1. The molecule has 6 nitrogen and oxygen atoms in total. The minimum absolute atomic E-state index is 0.0760. The first-order valence-corrected chi connectivity index (χ1v) is 11.1. The molecule has 6 heteroatoms. The van der Waals surface area contributed by atoms with Crippen molar-refractivity contribution in [3.63, 3.8) is 0 Å². The fourth-order valence-corrected chi connectivity index (χ4v) is 3.70. The summed E-state index contributed by atoms with van der Waals surface area (Å²) in [6, 6.07) is 25.2. The molecule has 0 radical (unpaired) electrons. The minimum Gasteiger partial charge on any atom is -0.362 e. The summed E-state index contributed by atoms with van der Waals surface area (Å²) in [4.78, 5) is 23.6. The molecule has 34 heavy (non-hydrogen) atoms. The first-order chi connectivity index (χ1) is 16.5. The molecule has 1 unspecified atom stereocenters. The van der Waals surface area contributed by atoms with Crippen molar-refractivity contribution < 1.29 is 4.79 Å². The Bertz CT molecular complexity index is 1270. The van der Waals surface area contributed by atoms with Gasteiger partial charge in [-0.25, -0.2) is 4.98 Å². The van der Waals surface area contributed by atoms with Crippen LogP contribution in [0.15, 0.2) is 104 Å². The monoisotopic (exact) mass is 449 g/mol. The zero-order chi connectivity index (χ0) is 23.9. The highest BCUT2D eigenvalue weighted by atomic mass is 16.1. The quantitative estimate of drug-likeness (QED) is 0.322. The molecule has 0 saturated heterocycles. The third kappa shape index (κ3) is 5.30. The summed E-state index contributed by atoms with van der Waals surface area (Å²) in [6.07, 6.45) is 5.09. The van der Waals surface area contributed by atoms with Gasteiger partial charge in [0.1, 0.15) is 5.82 Å². The van der Waals surface area contributed by atoms with Crippen molar-refractivity contribution in [2.24, 2.45) is 0 Å². The second-order valence-corrected chi connectivity index (χ2v) is 7.91. The van der Waals surface area contributed by atoms with E-state index in [9.17, 15) is 4.79 Å². The number of nitrogens with one attached hydrogen (secondary N) is 2. The van der Waals surface area contributed by atoms with Crippen molar-refractivity contribution in [1.29, 1.82) is 0 Å².